The third-order valence-corrected chi connectivity index (χ3v) is 11.8. The number of aromatic nitrogens is 4. The molecule has 2 aromatic heterocycles. The molecule has 0 saturated carbocycles. The second kappa shape index (κ2) is 13.3. The lowest BCUT2D eigenvalue weighted by Gasteiger charge is -2.13. The average molecular weight is 751 g/mol. The van der Waals surface area contributed by atoms with E-state index in [4.69, 9.17) is 15.0 Å². The van der Waals surface area contributed by atoms with E-state index in [2.05, 4.69) is 193 Å². The lowest BCUT2D eigenvalue weighted by molar-refractivity contribution is 1.08. The van der Waals surface area contributed by atoms with E-state index in [-0.39, 0.29) is 0 Å². The molecule has 0 N–H and O–H groups in total. The van der Waals surface area contributed by atoms with E-state index in [1.54, 1.807) is 0 Å². The molecule has 0 saturated heterocycles. The van der Waals surface area contributed by atoms with Crippen molar-refractivity contribution in [3.63, 3.8) is 0 Å². The molecule has 0 atom stereocenters. The van der Waals surface area contributed by atoms with Crippen LogP contribution in [0.5, 0.6) is 0 Å². The van der Waals surface area contributed by atoms with Crippen molar-refractivity contribution in [1.82, 2.24) is 19.5 Å². The normalized spacial score (nSPS) is 11.7. The Bertz CT molecular complexity index is 3490. The molecule has 0 aliphatic rings. The molecule has 274 valence electrons. The van der Waals surface area contributed by atoms with Gasteiger partial charge in [0.15, 0.2) is 17.5 Å². The molecule has 0 unspecified atom stereocenters. The summed E-state index contributed by atoms with van der Waals surface area (Å²) >= 11 is 0. The Balaban J connectivity index is 0.950. The minimum absolute atomic E-state index is 0.638. The van der Waals surface area contributed by atoms with Gasteiger partial charge in [-0.1, -0.05) is 176 Å². The fourth-order valence-corrected chi connectivity index (χ4v) is 9.02. The fraction of sp³-hybridized carbons (Fsp3) is 0. The van der Waals surface area contributed by atoms with Gasteiger partial charge in [-0.25, -0.2) is 15.0 Å². The van der Waals surface area contributed by atoms with E-state index in [9.17, 15) is 0 Å². The highest BCUT2D eigenvalue weighted by molar-refractivity contribution is 6.28. The quantitative estimate of drug-likeness (QED) is 0.165. The smallest absolute Gasteiger partial charge is 0.164 e. The van der Waals surface area contributed by atoms with Crippen molar-refractivity contribution in [3.05, 3.63) is 206 Å². The Hall–Kier alpha value is -7.95. The van der Waals surface area contributed by atoms with Gasteiger partial charge in [0.25, 0.3) is 0 Å². The molecule has 0 spiro atoms. The maximum Gasteiger partial charge on any atom is 0.164 e. The first kappa shape index (κ1) is 33.2. The third kappa shape index (κ3) is 5.42. The van der Waals surface area contributed by atoms with Crippen LogP contribution in [0.3, 0.4) is 0 Å². The highest BCUT2D eigenvalue weighted by atomic mass is 15.0. The minimum atomic E-state index is 0.638. The van der Waals surface area contributed by atoms with E-state index in [1.807, 2.05) is 18.2 Å². The summed E-state index contributed by atoms with van der Waals surface area (Å²) < 4.78 is 2.41. The maximum absolute atomic E-state index is 5.16. The Morgan fingerprint density at radius 2 is 0.729 bits per heavy atom. The Kier molecular flexibility index (Phi) is 7.50. The van der Waals surface area contributed by atoms with Gasteiger partial charge in [0, 0.05) is 33.2 Å². The van der Waals surface area contributed by atoms with Gasteiger partial charge >= 0.3 is 0 Å². The molecular weight excluding hydrogens is 717 g/mol. The number of rotatable bonds is 5. The monoisotopic (exact) mass is 750 g/mol. The number of hydrogen-bond acceptors (Lipinski definition) is 3. The van der Waals surface area contributed by atoms with Crippen molar-refractivity contribution in [2.75, 3.05) is 0 Å². The summed E-state index contributed by atoms with van der Waals surface area (Å²) in [5.41, 5.74) is 8.67. The van der Waals surface area contributed by atoms with Crippen LogP contribution in [0.25, 0.3) is 116 Å². The van der Waals surface area contributed by atoms with Crippen molar-refractivity contribution in [1.29, 1.82) is 0 Å². The molecule has 59 heavy (non-hydrogen) atoms. The van der Waals surface area contributed by atoms with E-state index in [0.717, 1.165) is 44.3 Å². The topological polar surface area (TPSA) is 43.6 Å². The lowest BCUT2D eigenvalue weighted by atomic mass is 9.97. The molecule has 0 bridgehead atoms. The molecule has 0 aliphatic carbocycles. The summed E-state index contributed by atoms with van der Waals surface area (Å²) in [5.74, 6) is 1.94. The summed E-state index contributed by atoms with van der Waals surface area (Å²) in [6.07, 6.45) is 0. The first-order chi connectivity index (χ1) is 29.2. The van der Waals surface area contributed by atoms with Crippen molar-refractivity contribution < 1.29 is 0 Å². The van der Waals surface area contributed by atoms with Gasteiger partial charge in [0.2, 0.25) is 0 Å². The van der Waals surface area contributed by atoms with Crippen LogP contribution >= 0.6 is 0 Å². The van der Waals surface area contributed by atoms with Crippen LogP contribution < -0.4 is 0 Å². The van der Waals surface area contributed by atoms with Crippen molar-refractivity contribution in [2.24, 2.45) is 0 Å². The number of hydrogen-bond donors (Lipinski definition) is 0. The first-order valence-corrected chi connectivity index (χ1v) is 20.0. The SMILES string of the molecule is c1ccc(-c2nc(-c3ccc(-c4ccc(-n5c6ccc7ccccc7c6c6c7ccccc7ccc65)cc4)cc3)nc(-c3cc4ccccc4c4ccccc34)n2)cc1. The molecule has 12 aromatic rings. The van der Waals surface area contributed by atoms with Gasteiger partial charge in [-0.05, 0) is 84.5 Å². The summed E-state index contributed by atoms with van der Waals surface area (Å²) in [6, 6.07) is 73.4. The third-order valence-electron chi connectivity index (χ3n) is 11.8. The zero-order chi connectivity index (χ0) is 38.9. The van der Waals surface area contributed by atoms with Crippen molar-refractivity contribution in [3.8, 4) is 51.0 Å². The maximum atomic E-state index is 5.16. The molecule has 0 radical (unpaired) electrons. The molecule has 12 rings (SSSR count). The second-order valence-corrected chi connectivity index (χ2v) is 15.2. The van der Waals surface area contributed by atoms with Crippen LogP contribution in [0.2, 0.25) is 0 Å². The predicted octanol–water partition coefficient (Wildman–Crippen LogP) is 14.2. The fourth-order valence-electron chi connectivity index (χ4n) is 9.02. The van der Waals surface area contributed by atoms with Gasteiger partial charge in [-0.3, -0.25) is 0 Å². The van der Waals surface area contributed by atoms with Crippen molar-refractivity contribution >= 4 is 64.9 Å². The zero-order valence-electron chi connectivity index (χ0n) is 31.9. The summed E-state index contributed by atoms with van der Waals surface area (Å²) in [7, 11) is 0. The van der Waals surface area contributed by atoms with Gasteiger partial charge < -0.3 is 4.57 Å². The summed E-state index contributed by atoms with van der Waals surface area (Å²) in [4.78, 5) is 15.3. The van der Waals surface area contributed by atoms with Gasteiger partial charge in [-0.15, -0.1) is 0 Å². The summed E-state index contributed by atoms with van der Waals surface area (Å²) in [5, 5.41) is 12.3. The number of fused-ring (bicyclic) bond motifs is 10. The van der Waals surface area contributed by atoms with Crippen LogP contribution in [-0.2, 0) is 0 Å². The lowest BCUT2D eigenvalue weighted by Crippen LogP contribution is -2.00. The molecule has 10 aromatic carbocycles. The van der Waals surface area contributed by atoms with Gasteiger partial charge in [0.1, 0.15) is 0 Å². The van der Waals surface area contributed by atoms with Crippen LogP contribution in [0.1, 0.15) is 0 Å². The predicted molar refractivity (Wildman–Crippen MR) is 246 cm³/mol. The second-order valence-electron chi connectivity index (χ2n) is 15.2. The first-order valence-electron chi connectivity index (χ1n) is 20.0. The molecular formula is C55H34N4. The molecule has 0 fully saturated rings. The Labute approximate surface area is 340 Å². The van der Waals surface area contributed by atoms with E-state index in [0.29, 0.717) is 17.5 Å². The Morgan fingerprint density at radius 1 is 0.288 bits per heavy atom. The standard InChI is InChI=1S/C55H34N4/c1-2-14-39(15-3-1)53-56-54(58-55(57-53)48-34-41-16-6-7-17-43(41)46-20-10-11-21-47(46)48)40-24-22-35(23-25-40)36-26-30-42(31-27-36)59-49-32-28-37-12-4-8-18-44(37)51(49)52-45-19-9-5-13-38(45)29-33-50(52)59/h1-34H. The van der Waals surface area contributed by atoms with Crippen LogP contribution in [-0.4, -0.2) is 19.5 Å². The van der Waals surface area contributed by atoms with E-state index in [1.165, 1.54) is 54.1 Å². The Morgan fingerprint density at radius 3 is 1.34 bits per heavy atom. The molecule has 2 heterocycles. The number of benzene rings is 10. The molecule has 4 nitrogen and oxygen atoms in total. The van der Waals surface area contributed by atoms with E-state index < -0.39 is 0 Å². The minimum Gasteiger partial charge on any atom is -0.309 e. The van der Waals surface area contributed by atoms with Gasteiger partial charge in [0.05, 0.1) is 11.0 Å². The van der Waals surface area contributed by atoms with Crippen LogP contribution in [0, 0.1) is 0 Å². The average Bonchev–Trinajstić information content (AvgIpc) is 3.67. The molecule has 0 aliphatic heterocycles. The van der Waals surface area contributed by atoms with Crippen LogP contribution in [0.15, 0.2) is 206 Å². The zero-order valence-corrected chi connectivity index (χ0v) is 31.9. The van der Waals surface area contributed by atoms with Gasteiger partial charge in [-0.2, -0.15) is 0 Å². The highest BCUT2D eigenvalue weighted by Gasteiger charge is 2.19. The van der Waals surface area contributed by atoms with Crippen LogP contribution in [0.4, 0.5) is 0 Å². The number of nitrogens with zero attached hydrogens (tertiary/aromatic N) is 4. The molecule has 4 heteroatoms. The summed E-state index contributed by atoms with van der Waals surface area (Å²) in [6.45, 7) is 0. The largest absolute Gasteiger partial charge is 0.309 e. The van der Waals surface area contributed by atoms with E-state index >= 15 is 0 Å². The highest BCUT2D eigenvalue weighted by Crippen LogP contribution is 2.41. The van der Waals surface area contributed by atoms with Crippen molar-refractivity contribution in [2.45, 2.75) is 0 Å². The molecule has 0 amide bonds.